The highest BCUT2D eigenvalue weighted by Crippen LogP contribution is 2.17. The monoisotopic (exact) mass is 291 g/mol. The maximum absolute atomic E-state index is 12.3. The molecular formula is C18H17N3O. The third-order valence-electron chi connectivity index (χ3n) is 3.63. The quantitative estimate of drug-likeness (QED) is 0.562. The molecule has 0 radical (unpaired) electrons. The number of nitrogens with zero attached hydrogens (tertiary/aromatic N) is 1. The zero-order chi connectivity index (χ0) is 15.5. The highest BCUT2D eigenvalue weighted by atomic mass is 16.2. The molecule has 0 aliphatic heterocycles. The number of fused-ring (bicyclic) bond motifs is 1. The van der Waals surface area contributed by atoms with E-state index in [0.717, 1.165) is 22.2 Å². The van der Waals surface area contributed by atoms with Crippen molar-refractivity contribution in [3.8, 4) is 0 Å². The van der Waals surface area contributed by atoms with Crippen molar-refractivity contribution < 1.29 is 4.79 Å². The van der Waals surface area contributed by atoms with E-state index < -0.39 is 0 Å². The number of benzene rings is 2. The van der Waals surface area contributed by atoms with Gasteiger partial charge in [-0.3, -0.25) is 4.79 Å². The fourth-order valence-corrected chi connectivity index (χ4v) is 2.31. The van der Waals surface area contributed by atoms with E-state index in [0.29, 0.717) is 5.56 Å². The van der Waals surface area contributed by atoms with Gasteiger partial charge in [-0.2, -0.15) is 5.10 Å². The van der Waals surface area contributed by atoms with Crippen molar-refractivity contribution in [3.63, 3.8) is 0 Å². The lowest BCUT2D eigenvalue weighted by atomic mass is 10.1. The maximum Gasteiger partial charge on any atom is 0.273 e. The molecule has 4 heteroatoms. The second-order valence-electron chi connectivity index (χ2n) is 5.25. The molecule has 0 unspecified atom stereocenters. The molecule has 0 fully saturated rings. The molecule has 0 aliphatic rings. The number of aryl methyl sites for hydroxylation is 1. The third kappa shape index (κ3) is 2.76. The lowest BCUT2D eigenvalue weighted by Crippen LogP contribution is -2.19. The van der Waals surface area contributed by atoms with Crippen LogP contribution in [-0.4, -0.2) is 16.6 Å². The lowest BCUT2D eigenvalue weighted by molar-refractivity contribution is 0.0956. The average molecular weight is 291 g/mol. The number of carbonyl (C=O) groups is 1. The van der Waals surface area contributed by atoms with Gasteiger partial charge in [0.1, 0.15) is 0 Å². The van der Waals surface area contributed by atoms with Crippen molar-refractivity contribution in [2.24, 2.45) is 5.10 Å². The summed E-state index contributed by atoms with van der Waals surface area (Å²) in [5, 5.41) is 5.08. The molecule has 3 rings (SSSR count). The minimum Gasteiger partial charge on any atom is -0.360 e. The number of H-pyrrole nitrogens is 1. The van der Waals surface area contributed by atoms with Crippen molar-refractivity contribution in [1.82, 2.24) is 10.4 Å². The molecule has 1 aromatic heterocycles. The molecule has 0 saturated carbocycles. The summed E-state index contributed by atoms with van der Waals surface area (Å²) in [6.07, 6.45) is 1.71. The second kappa shape index (κ2) is 5.85. The standard InChI is InChI=1S/C18H17N3O/c1-12-7-9-14(10-8-12)13(2)20-21-18(22)16-11-19-17-6-4-3-5-15(16)17/h3-11,19H,1-2H3,(H,21,22). The van der Waals surface area contributed by atoms with Gasteiger partial charge < -0.3 is 4.98 Å². The first-order chi connectivity index (χ1) is 10.6. The van der Waals surface area contributed by atoms with Gasteiger partial charge in [-0.05, 0) is 25.5 Å². The first-order valence-corrected chi connectivity index (χ1v) is 7.13. The topological polar surface area (TPSA) is 57.2 Å². The van der Waals surface area contributed by atoms with E-state index in [1.165, 1.54) is 5.56 Å². The number of aromatic nitrogens is 1. The van der Waals surface area contributed by atoms with E-state index in [1.807, 2.05) is 62.4 Å². The summed E-state index contributed by atoms with van der Waals surface area (Å²) in [6, 6.07) is 15.7. The number of amides is 1. The van der Waals surface area contributed by atoms with Crippen LogP contribution in [0.1, 0.15) is 28.4 Å². The number of nitrogens with one attached hydrogen (secondary N) is 2. The molecule has 0 spiro atoms. The lowest BCUT2D eigenvalue weighted by Gasteiger charge is -2.03. The summed E-state index contributed by atoms with van der Waals surface area (Å²) in [5.74, 6) is -0.219. The Labute approximate surface area is 128 Å². The Morgan fingerprint density at radius 1 is 1.09 bits per heavy atom. The molecule has 0 saturated heterocycles. The first kappa shape index (κ1) is 14.1. The number of aromatic amines is 1. The molecule has 4 nitrogen and oxygen atoms in total. The van der Waals surface area contributed by atoms with Crippen molar-refractivity contribution in [2.45, 2.75) is 13.8 Å². The van der Waals surface area contributed by atoms with Crippen molar-refractivity contribution in [2.75, 3.05) is 0 Å². The maximum atomic E-state index is 12.3. The predicted octanol–water partition coefficient (Wildman–Crippen LogP) is 3.63. The number of rotatable bonds is 3. The third-order valence-corrected chi connectivity index (χ3v) is 3.63. The number of carbonyl (C=O) groups excluding carboxylic acids is 1. The molecule has 110 valence electrons. The van der Waals surface area contributed by atoms with Gasteiger partial charge in [-0.25, -0.2) is 5.43 Å². The Hall–Kier alpha value is -2.88. The van der Waals surface area contributed by atoms with E-state index in [1.54, 1.807) is 6.20 Å². The minimum absolute atomic E-state index is 0.219. The number of para-hydroxylation sites is 1. The van der Waals surface area contributed by atoms with Gasteiger partial charge in [0, 0.05) is 17.1 Å². The van der Waals surface area contributed by atoms with E-state index >= 15 is 0 Å². The highest BCUT2D eigenvalue weighted by Gasteiger charge is 2.10. The Bertz CT molecular complexity index is 844. The van der Waals surface area contributed by atoms with Gasteiger partial charge in [-0.1, -0.05) is 48.0 Å². The van der Waals surface area contributed by atoms with Gasteiger partial charge in [-0.15, -0.1) is 0 Å². The summed E-state index contributed by atoms with van der Waals surface area (Å²) >= 11 is 0. The van der Waals surface area contributed by atoms with Crippen LogP contribution in [0.3, 0.4) is 0 Å². The van der Waals surface area contributed by atoms with Crippen LogP contribution in [0.25, 0.3) is 10.9 Å². The Morgan fingerprint density at radius 3 is 2.59 bits per heavy atom. The Kier molecular flexibility index (Phi) is 3.74. The average Bonchev–Trinajstić information content (AvgIpc) is 2.97. The van der Waals surface area contributed by atoms with Crippen molar-refractivity contribution in [3.05, 3.63) is 71.4 Å². The molecule has 0 bridgehead atoms. The fraction of sp³-hybridized carbons (Fsp3) is 0.111. The van der Waals surface area contributed by atoms with E-state index in [2.05, 4.69) is 15.5 Å². The largest absolute Gasteiger partial charge is 0.360 e. The van der Waals surface area contributed by atoms with Crippen LogP contribution in [0.2, 0.25) is 0 Å². The van der Waals surface area contributed by atoms with Crippen LogP contribution in [0, 0.1) is 6.92 Å². The van der Waals surface area contributed by atoms with Gasteiger partial charge >= 0.3 is 0 Å². The smallest absolute Gasteiger partial charge is 0.273 e. The molecule has 2 aromatic carbocycles. The molecule has 1 heterocycles. The summed E-state index contributed by atoms with van der Waals surface area (Å²) in [5.41, 5.74) is 7.11. The van der Waals surface area contributed by atoms with Crippen LogP contribution in [0.15, 0.2) is 59.8 Å². The Balaban J connectivity index is 1.79. The summed E-state index contributed by atoms with van der Waals surface area (Å²) in [6.45, 7) is 3.91. The van der Waals surface area contributed by atoms with Crippen molar-refractivity contribution >= 4 is 22.5 Å². The van der Waals surface area contributed by atoms with Crippen molar-refractivity contribution in [1.29, 1.82) is 0 Å². The van der Waals surface area contributed by atoms with E-state index in [4.69, 9.17) is 0 Å². The molecule has 22 heavy (non-hydrogen) atoms. The zero-order valence-corrected chi connectivity index (χ0v) is 12.6. The fourth-order valence-electron chi connectivity index (χ4n) is 2.31. The van der Waals surface area contributed by atoms with Crippen LogP contribution in [-0.2, 0) is 0 Å². The van der Waals surface area contributed by atoms with Crippen LogP contribution < -0.4 is 5.43 Å². The normalized spacial score (nSPS) is 11.6. The molecule has 1 amide bonds. The second-order valence-corrected chi connectivity index (χ2v) is 5.25. The molecule has 0 aliphatic carbocycles. The van der Waals surface area contributed by atoms with E-state index in [-0.39, 0.29) is 5.91 Å². The molecule has 3 aromatic rings. The first-order valence-electron chi connectivity index (χ1n) is 7.13. The van der Waals surface area contributed by atoms with E-state index in [9.17, 15) is 4.79 Å². The Morgan fingerprint density at radius 2 is 1.82 bits per heavy atom. The zero-order valence-electron chi connectivity index (χ0n) is 12.6. The predicted molar refractivity (Wildman–Crippen MR) is 89.2 cm³/mol. The number of hydrogen-bond donors (Lipinski definition) is 2. The van der Waals surface area contributed by atoms with Gasteiger partial charge in [0.25, 0.3) is 5.91 Å². The van der Waals surface area contributed by atoms with Crippen LogP contribution in [0.5, 0.6) is 0 Å². The summed E-state index contributed by atoms with van der Waals surface area (Å²) in [4.78, 5) is 15.4. The number of hydrogen-bond acceptors (Lipinski definition) is 2. The van der Waals surface area contributed by atoms with Crippen LogP contribution >= 0.6 is 0 Å². The van der Waals surface area contributed by atoms with Crippen LogP contribution in [0.4, 0.5) is 0 Å². The molecule has 0 atom stereocenters. The SMILES string of the molecule is CC(=NNC(=O)c1c[nH]c2ccccc12)c1ccc(C)cc1. The summed E-state index contributed by atoms with van der Waals surface area (Å²) in [7, 11) is 0. The van der Waals surface area contributed by atoms with Gasteiger partial charge in [0.15, 0.2) is 0 Å². The highest BCUT2D eigenvalue weighted by molar-refractivity contribution is 6.07. The molecular weight excluding hydrogens is 274 g/mol. The minimum atomic E-state index is -0.219. The van der Waals surface area contributed by atoms with Gasteiger partial charge in [0.05, 0.1) is 11.3 Å². The van der Waals surface area contributed by atoms with Gasteiger partial charge in [0.2, 0.25) is 0 Å². The molecule has 2 N–H and O–H groups in total. The number of hydrazone groups is 1. The summed E-state index contributed by atoms with van der Waals surface area (Å²) < 4.78 is 0.